The molecule has 0 aliphatic heterocycles. The van der Waals surface area contributed by atoms with Crippen molar-refractivity contribution < 1.29 is 31.9 Å². The zero-order valence-electron chi connectivity index (χ0n) is 19.4. The summed E-state index contributed by atoms with van der Waals surface area (Å²) in [5.41, 5.74) is 3.73. The molecule has 9 nitrogen and oxygen atoms in total. The van der Waals surface area contributed by atoms with E-state index in [4.69, 9.17) is 19.0 Å². The Morgan fingerprint density at radius 3 is 2.43 bits per heavy atom. The molecule has 0 radical (unpaired) electrons. The number of hydrogen-bond acceptors (Lipinski definition) is 7. The maximum Gasteiger partial charge on any atom is 0.310 e. The molecule has 0 saturated carbocycles. The summed E-state index contributed by atoms with van der Waals surface area (Å²) in [6.07, 6.45) is 1.45. The maximum absolute atomic E-state index is 12.8. The van der Waals surface area contributed by atoms with Crippen LogP contribution in [0.25, 0.3) is 16.7 Å². The van der Waals surface area contributed by atoms with Gasteiger partial charge in [0.2, 0.25) is 15.8 Å². The van der Waals surface area contributed by atoms with Crippen molar-refractivity contribution in [3.63, 3.8) is 0 Å². The molecule has 0 aliphatic carbocycles. The Labute approximate surface area is 202 Å². The number of sulfonamides is 1. The third-order valence-corrected chi connectivity index (χ3v) is 6.65. The van der Waals surface area contributed by atoms with Gasteiger partial charge in [-0.3, -0.25) is 9.59 Å². The van der Waals surface area contributed by atoms with Gasteiger partial charge >= 0.3 is 5.97 Å². The molecule has 4 aromatic rings. The number of rotatable bonds is 8. The summed E-state index contributed by atoms with van der Waals surface area (Å²) >= 11 is 0. The first kappa shape index (κ1) is 24.2. The fraction of sp³-hybridized carbons (Fsp3) is 0.200. The summed E-state index contributed by atoms with van der Waals surface area (Å²) < 4.78 is 40.7. The van der Waals surface area contributed by atoms with E-state index in [0.29, 0.717) is 33.8 Å². The molecular weight excluding hydrogens is 472 g/mol. The van der Waals surface area contributed by atoms with E-state index in [2.05, 4.69) is 0 Å². The number of carbonyl (C=O) groups is 2. The Morgan fingerprint density at radius 1 is 1.06 bits per heavy atom. The Morgan fingerprint density at radius 2 is 1.77 bits per heavy atom. The highest BCUT2D eigenvalue weighted by atomic mass is 32.2. The van der Waals surface area contributed by atoms with Crippen LogP contribution >= 0.6 is 0 Å². The summed E-state index contributed by atoms with van der Waals surface area (Å²) in [5, 5.41) is 5.93. The number of furan rings is 1. The number of ether oxygens (including phenoxy) is 2. The number of methoxy groups -OCH3 is 1. The minimum atomic E-state index is -3.80. The van der Waals surface area contributed by atoms with Crippen LogP contribution in [0, 0.1) is 13.8 Å². The lowest BCUT2D eigenvalue weighted by molar-refractivity contribution is -0.141. The third kappa shape index (κ3) is 4.98. The number of esters is 1. The molecule has 0 saturated heterocycles. The van der Waals surface area contributed by atoms with Gasteiger partial charge in [0.25, 0.3) is 0 Å². The molecule has 4 rings (SSSR count). The van der Waals surface area contributed by atoms with Gasteiger partial charge in [0, 0.05) is 39.7 Å². The van der Waals surface area contributed by atoms with Crippen LogP contribution in [-0.2, 0) is 26.0 Å². The lowest BCUT2D eigenvalue weighted by Crippen LogP contribution is -2.16. The molecule has 2 aromatic heterocycles. The molecule has 35 heavy (non-hydrogen) atoms. The molecule has 0 spiro atoms. The van der Waals surface area contributed by atoms with Gasteiger partial charge in [-0.05, 0) is 56.3 Å². The predicted octanol–water partition coefficient (Wildman–Crippen LogP) is 3.46. The topological polar surface area (TPSA) is 131 Å². The van der Waals surface area contributed by atoms with Crippen LogP contribution in [0.4, 0.5) is 0 Å². The minimum absolute atomic E-state index is 0.00328. The SMILES string of the molecule is COc1ccc2c(CC(=O)OCC(=O)c3cc(C)n(-c4ccc(S(N)(=O)=O)cc4)c3C)coc2c1. The second kappa shape index (κ2) is 9.40. The van der Waals surface area contributed by atoms with E-state index in [9.17, 15) is 18.0 Å². The highest BCUT2D eigenvalue weighted by molar-refractivity contribution is 7.89. The highest BCUT2D eigenvalue weighted by Crippen LogP contribution is 2.26. The largest absolute Gasteiger partial charge is 0.497 e. The Kier molecular flexibility index (Phi) is 6.51. The number of fused-ring (bicyclic) bond motifs is 1. The molecule has 0 aliphatic rings. The van der Waals surface area contributed by atoms with Crippen LogP contribution < -0.4 is 9.88 Å². The number of carbonyl (C=O) groups excluding carboxylic acids is 2. The van der Waals surface area contributed by atoms with E-state index in [1.165, 1.54) is 18.4 Å². The van der Waals surface area contributed by atoms with Crippen LogP contribution in [0.1, 0.15) is 27.3 Å². The second-order valence-corrected chi connectivity index (χ2v) is 9.60. The first-order valence-corrected chi connectivity index (χ1v) is 12.2. The summed E-state index contributed by atoms with van der Waals surface area (Å²) in [5.74, 6) is -0.255. The first-order chi connectivity index (χ1) is 16.6. The second-order valence-electron chi connectivity index (χ2n) is 8.04. The first-order valence-electron chi connectivity index (χ1n) is 10.6. The average molecular weight is 497 g/mol. The molecular formula is C25H24N2O7S. The standard InChI is InChI=1S/C25H24N2O7S/c1-15-10-22(16(2)27(15)18-4-7-20(8-5-18)35(26,30)31)23(28)14-34-25(29)11-17-13-33-24-12-19(32-3)6-9-21(17)24/h4-10,12-13H,11,14H2,1-3H3,(H2,26,30,31). The van der Waals surface area contributed by atoms with Gasteiger partial charge in [0.15, 0.2) is 6.61 Å². The van der Waals surface area contributed by atoms with E-state index in [1.807, 2.05) is 11.5 Å². The van der Waals surface area contributed by atoms with Crippen molar-refractivity contribution >= 4 is 32.7 Å². The number of Topliss-reactive ketones (excluding diaryl/α,β-unsaturated/α-hetero) is 1. The fourth-order valence-electron chi connectivity index (χ4n) is 3.99. The van der Waals surface area contributed by atoms with Crippen LogP contribution in [0.3, 0.4) is 0 Å². The van der Waals surface area contributed by atoms with Gasteiger partial charge in [-0.15, -0.1) is 0 Å². The van der Waals surface area contributed by atoms with Gasteiger partial charge in [-0.25, -0.2) is 13.6 Å². The number of ketones is 1. The Bertz CT molecular complexity index is 1530. The zero-order valence-corrected chi connectivity index (χ0v) is 20.2. The highest BCUT2D eigenvalue weighted by Gasteiger charge is 2.19. The predicted molar refractivity (Wildman–Crippen MR) is 128 cm³/mol. The molecule has 2 aromatic carbocycles. The minimum Gasteiger partial charge on any atom is -0.497 e. The number of aryl methyl sites for hydroxylation is 1. The lowest BCUT2D eigenvalue weighted by atomic mass is 10.1. The number of hydrogen-bond donors (Lipinski definition) is 1. The van der Waals surface area contributed by atoms with Crippen molar-refractivity contribution in [1.82, 2.24) is 4.57 Å². The molecule has 0 atom stereocenters. The maximum atomic E-state index is 12.8. The van der Waals surface area contributed by atoms with E-state index < -0.39 is 22.6 Å². The number of benzene rings is 2. The number of nitrogens with zero attached hydrogens (tertiary/aromatic N) is 1. The smallest absolute Gasteiger partial charge is 0.310 e. The van der Waals surface area contributed by atoms with Crippen molar-refractivity contribution in [2.75, 3.05) is 13.7 Å². The lowest BCUT2D eigenvalue weighted by Gasteiger charge is -2.10. The van der Waals surface area contributed by atoms with Crippen LogP contribution in [0.5, 0.6) is 5.75 Å². The molecule has 0 amide bonds. The van der Waals surface area contributed by atoms with Crippen molar-refractivity contribution in [3.8, 4) is 11.4 Å². The summed E-state index contributed by atoms with van der Waals surface area (Å²) in [6, 6.07) is 13.0. The number of aromatic nitrogens is 1. The Hall–Kier alpha value is -3.89. The average Bonchev–Trinajstić information content (AvgIpc) is 3.36. The van der Waals surface area contributed by atoms with Crippen molar-refractivity contribution in [2.24, 2.45) is 5.14 Å². The van der Waals surface area contributed by atoms with Gasteiger partial charge in [0.1, 0.15) is 11.3 Å². The number of primary sulfonamides is 1. The molecule has 0 bridgehead atoms. The van der Waals surface area contributed by atoms with Crippen LogP contribution in [0.15, 0.2) is 64.1 Å². The van der Waals surface area contributed by atoms with E-state index in [1.54, 1.807) is 50.4 Å². The molecule has 0 fully saturated rings. The number of nitrogens with two attached hydrogens (primary N) is 1. The summed E-state index contributed by atoms with van der Waals surface area (Å²) in [7, 11) is -2.25. The van der Waals surface area contributed by atoms with E-state index in [0.717, 1.165) is 11.1 Å². The summed E-state index contributed by atoms with van der Waals surface area (Å²) in [6.45, 7) is 3.18. The zero-order chi connectivity index (χ0) is 25.3. The van der Waals surface area contributed by atoms with Gasteiger partial charge in [-0.1, -0.05) is 0 Å². The van der Waals surface area contributed by atoms with Gasteiger partial charge in [0.05, 0.1) is 24.7 Å². The van der Waals surface area contributed by atoms with Crippen LogP contribution in [0.2, 0.25) is 0 Å². The molecule has 10 heteroatoms. The monoisotopic (exact) mass is 496 g/mol. The van der Waals surface area contributed by atoms with Crippen molar-refractivity contribution in [2.45, 2.75) is 25.2 Å². The Balaban J connectivity index is 1.45. The van der Waals surface area contributed by atoms with E-state index in [-0.39, 0.29) is 17.1 Å². The summed E-state index contributed by atoms with van der Waals surface area (Å²) in [4.78, 5) is 25.2. The van der Waals surface area contributed by atoms with Gasteiger partial charge < -0.3 is 18.5 Å². The molecule has 182 valence electrons. The fourth-order valence-corrected chi connectivity index (χ4v) is 4.50. The van der Waals surface area contributed by atoms with Crippen molar-refractivity contribution in [3.05, 3.63) is 77.3 Å². The molecule has 0 unspecified atom stereocenters. The van der Waals surface area contributed by atoms with Crippen molar-refractivity contribution in [1.29, 1.82) is 0 Å². The van der Waals surface area contributed by atoms with E-state index >= 15 is 0 Å². The molecule has 2 heterocycles. The third-order valence-electron chi connectivity index (χ3n) is 5.72. The van der Waals surface area contributed by atoms with Crippen LogP contribution in [-0.4, -0.2) is 38.5 Å². The molecule has 2 N–H and O–H groups in total. The normalized spacial score (nSPS) is 11.5. The quantitative estimate of drug-likeness (QED) is 0.292. The van der Waals surface area contributed by atoms with Gasteiger partial charge in [-0.2, -0.15) is 0 Å².